The molecular weight excluding hydrogens is 286 g/mol. The number of pyridine rings is 1. The highest BCUT2D eigenvalue weighted by Gasteiger charge is 2.20. The molecule has 1 aliphatic heterocycles. The van der Waals surface area contributed by atoms with Crippen molar-refractivity contribution in [2.45, 2.75) is 13.5 Å². The van der Waals surface area contributed by atoms with Crippen molar-refractivity contribution in [2.75, 3.05) is 31.1 Å². The summed E-state index contributed by atoms with van der Waals surface area (Å²) in [6, 6.07) is 3.98. The van der Waals surface area contributed by atoms with E-state index in [1.807, 2.05) is 30.1 Å². The quantitative estimate of drug-likeness (QED) is 0.814. The summed E-state index contributed by atoms with van der Waals surface area (Å²) >= 11 is 6.17. The molecule has 0 spiro atoms. The first-order valence-electron chi connectivity index (χ1n) is 7.20. The van der Waals surface area contributed by atoms with Gasteiger partial charge in [-0.1, -0.05) is 11.6 Å². The molecule has 6 heteroatoms. The zero-order valence-corrected chi connectivity index (χ0v) is 13.2. The molecule has 1 aliphatic rings. The summed E-state index contributed by atoms with van der Waals surface area (Å²) < 4.78 is 1.93. The van der Waals surface area contributed by atoms with E-state index in [1.165, 1.54) is 11.3 Å². The Bertz CT molecular complexity index is 616. The monoisotopic (exact) mass is 305 g/mol. The second kappa shape index (κ2) is 6.03. The van der Waals surface area contributed by atoms with Gasteiger partial charge in [0.1, 0.15) is 0 Å². The van der Waals surface area contributed by atoms with Crippen molar-refractivity contribution in [2.24, 2.45) is 7.05 Å². The Hall–Kier alpha value is -1.59. The maximum Gasteiger partial charge on any atom is 0.152 e. The average Bonchev–Trinajstić information content (AvgIpc) is 2.81. The molecule has 1 fully saturated rings. The predicted molar refractivity (Wildman–Crippen MR) is 84.7 cm³/mol. The first-order valence-corrected chi connectivity index (χ1v) is 7.58. The van der Waals surface area contributed by atoms with Crippen LogP contribution in [0, 0.1) is 6.92 Å². The van der Waals surface area contributed by atoms with Crippen LogP contribution >= 0.6 is 11.6 Å². The number of halogens is 1. The normalized spacial score (nSPS) is 16.4. The van der Waals surface area contributed by atoms with Gasteiger partial charge in [0.15, 0.2) is 5.15 Å². The van der Waals surface area contributed by atoms with Crippen LogP contribution in [0.3, 0.4) is 0 Å². The van der Waals surface area contributed by atoms with Crippen molar-refractivity contribution < 1.29 is 0 Å². The van der Waals surface area contributed by atoms with E-state index in [4.69, 9.17) is 11.6 Å². The molecule has 3 rings (SSSR count). The number of hydrogen-bond donors (Lipinski definition) is 0. The minimum absolute atomic E-state index is 0.592. The molecule has 21 heavy (non-hydrogen) atoms. The zero-order chi connectivity index (χ0) is 14.8. The fraction of sp³-hybridized carbons (Fsp3) is 0.467. The molecule has 112 valence electrons. The molecule has 2 aromatic heterocycles. The minimum Gasteiger partial charge on any atom is -0.366 e. The van der Waals surface area contributed by atoms with E-state index >= 15 is 0 Å². The van der Waals surface area contributed by atoms with Crippen LogP contribution in [0.4, 0.5) is 5.69 Å². The zero-order valence-electron chi connectivity index (χ0n) is 12.5. The Morgan fingerprint density at radius 3 is 2.62 bits per heavy atom. The van der Waals surface area contributed by atoms with Gasteiger partial charge in [-0.3, -0.25) is 9.58 Å². The van der Waals surface area contributed by atoms with Crippen LogP contribution in [-0.4, -0.2) is 45.8 Å². The van der Waals surface area contributed by atoms with Gasteiger partial charge in [-0.05, 0) is 19.1 Å². The third-order valence-corrected chi connectivity index (χ3v) is 4.47. The summed E-state index contributed by atoms with van der Waals surface area (Å²) in [7, 11) is 1.99. The minimum atomic E-state index is 0.592. The second-order valence-corrected chi connectivity index (χ2v) is 5.81. The third-order valence-electron chi connectivity index (χ3n) is 4.18. The van der Waals surface area contributed by atoms with Gasteiger partial charge in [-0.15, -0.1) is 0 Å². The van der Waals surface area contributed by atoms with Crippen LogP contribution in [0.5, 0.6) is 0 Å². The molecule has 0 atom stereocenters. The first-order chi connectivity index (χ1) is 10.1. The smallest absolute Gasteiger partial charge is 0.152 e. The molecule has 3 heterocycles. The summed E-state index contributed by atoms with van der Waals surface area (Å²) in [5.74, 6) is 0. The first kappa shape index (κ1) is 14.4. The highest BCUT2D eigenvalue weighted by molar-refractivity contribution is 6.32. The van der Waals surface area contributed by atoms with E-state index in [-0.39, 0.29) is 0 Å². The molecule has 0 aliphatic carbocycles. The van der Waals surface area contributed by atoms with Crippen molar-refractivity contribution in [3.05, 3.63) is 40.9 Å². The Morgan fingerprint density at radius 2 is 2.00 bits per heavy atom. The van der Waals surface area contributed by atoms with Gasteiger partial charge < -0.3 is 4.90 Å². The largest absolute Gasteiger partial charge is 0.366 e. The Morgan fingerprint density at radius 1 is 1.24 bits per heavy atom. The lowest BCUT2D eigenvalue weighted by molar-refractivity contribution is 0.249. The lowest BCUT2D eigenvalue weighted by Crippen LogP contribution is -2.46. The van der Waals surface area contributed by atoms with Crippen molar-refractivity contribution in [1.29, 1.82) is 0 Å². The number of piperazine rings is 1. The van der Waals surface area contributed by atoms with E-state index in [1.54, 1.807) is 6.20 Å². The summed E-state index contributed by atoms with van der Waals surface area (Å²) in [6.45, 7) is 7.09. The second-order valence-electron chi connectivity index (χ2n) is 5.46. The Kier molecular flexibility index (Phi) is 4.12. The highest BCUT2D eigenvalue weighted by Crippen LogP contribution is 2.24. The van der Waals surface area contributed by atoms with Crippen LogP contribution < -0.4 is 4.90 Å². The Labute approximate surface area is 130 Å². The van der Waals surface area contributed by atoms with E-state index in [0.717, 1.165) is 38.4 Å². The summed E-state index contributed by atoms with van der Waals surface area (Å²) in [5, 5.41) is 4.90. The number of nitrogens with zero attached hydrogens (tertiary/aromatic N) is 5. The number of aromatic nitrogens is 3. The van der Waals surface area contributed by atoms with E-state index in [2.05, 4.69) is 26.8 Å². The van der Waals surface area contributed by atoms with E-state index in [9.17, 15) is 0 Å². The molecule has 0 aromatic carbocycles. The van der Waals surface area contributed by atoms with Crippen LogP contribution in [0.2, 0.25) is 5.15 Å². The molecule has 2 aromatic rings. The van der Waals surface area contributed by atoms with Gasteiger partial charge in [0.2, 0.25) is 0 Å². The number of aryl methyl sites for hydroxylation is 1. The standard InChI is InChI=1S/C15H20ClN5/c1-12-13(10-18-19(12)2)11-20-6-8-21(9-7-20)14-4-3-5-17-15(14)16/h3-5,10H,6-9,11H2,1-2H3. The van der Waals surface area contributed by atoms with Gasteiger partial charge in [-0.25, -0.2) is 4.98 Å². The van der Waals surface area contributed by atoms with E-state index in [0.29, 0.717) is 5.15 Å². The number of anilines is 1. The van der Waals surface area contributed by atoms with Crippen LogP contribution in [0.1, 0.15) is 11.3 Å². The molecule has 0 radical (unpaired) electrons. The lowest BCUT2D eigenvalue weighted by atomic mass is 10.2. The van der Waals surface area contributed by atoms with Gasteiger partial charge in [0, 0.05) is 57.2 Å². The average molecular weight is 306 g/mol. The molecule has 1 saturated heterocycles. The number of hydrogen-bond acceptors (Lipinski definition) is 4. The summed E-state index contributed by atoms with van der Waals surface area (Å²) in [5.41, 5.74) is 3.59. The van der Waals surface area contributed by atoms with Crippen molar-refractivity contribution >= 4 is 17.3 Å². The fourth-order valence-corrected chi connectivity index (χ4v) is 2.94. The molecular formula is C15H20ClN5. The third kappa shape index (κ3) is 3.04. The van der Waals surface area contributed by atoms with Gasteiger partial charge in [0.25, 0.3) is 0 Å². The molecule has 0 N–H and O–H groups in total. The molecule has 0 bridgehead atoms. The molecule has 0 saturated carbocycles. The Balaban J connectivity index is 1.61. The van der Waals surface area contributed by atoms with Crippen LogP contribution in [0.15, 0.2) is 24.5 Å². The summed E-state index contributed by atoms with van der Waals surface area (Å²) in [4.78, 5) is 8.93. The van der Waals surface area contributed by atoms with Crippen LogP contribution in [0.25, 0.3) is 0 Å². The van der Waals surface area contributed by atoms with Crippen molar-refractivity contribution in [3.63, 3.8) is 0 Å². The maximum atomic E-state index is 6.17. The predicted octanol–water partition coefficient (Wildman–Crippen LogP) is 2.10. The highest BCUT2D eigenvalue weighted by atomic mass is 35.5. The van der Waals surface area contributed by atoms with Crippen molar-refractivity contribution in [3.8, 4) is 0 Å². The molecule has 5 nitrogen and oxygen atoms in total. The summed E-state index contributed by atoms with van der Waals surface area (Å²) in [6.07, 6.45) is 3.70. The molecule has 0 amide bonds. The van der Waals surface area contributed by atoms with Crippen LogP contribution in [-0.2, 0) is 13.6 Å². The fourth-order valence-electron chi connectivity index (χ4n) is 2.70. The molecule has 0 unspecified atom stereocenters. The van der Waals surface area contributed by atoms with E-state index < -0.39 is 0 Å². The van der Waals surface area contributed by atoms with Gasteiger partial charge >= 0.3 is 0 Å². The maximum absolute atomic E-state index is 6.17. The lowest BCUT2D eigenvalue weighted by Gasteiger charge is -2.36. The SMILES string of the molecule is Cc1c(CN2CCN(c3cccnc3Cl)CC2)cnn1C. The number of rotatable bonds is 3. The van der Waals surface area contributed by atoms with Gasteiger partial charge in [0.05, 0.1) is 11.9 Å². The van der Waals surface area contributed by atoms with Gasteiger partial charge in [-0.2, -0.15) is 5.10 Å². The topological polar surface area (TPSA) is 37.2 Å². The van der Waals surface area contributed by atoms with Crippen molar-refractivity contribution in [1.82, 2.24) is 19.7 Å².